The van der Waals surface area contributed by atoms with Crippen LogP contribution < -0.4 is 15.5 Å². The van der Waals surface area contributed by atoms with Gasteiger partial charge in [0.1, 0.15) is 6.04 Å². The zero-order valence-corrected chi connectivity index (χ0v) is 17.4. The van der Waals surface area contributed by atoms with Crippen LogP contribution in [0.5, 0.6) is 0 Å². The summed E-state index contributed by atoms with van der Waals surface area (Å²) < 4.78 is 0. The molecule has 9 nitrogen and oxygen atoms in total. The molecule has 4 aliphatic heterocycles. The van der Waals surface area contributed by atoms with E-state index in [2.05, 4.69) is 20.4 Å². The monoisotopic (exact) mass is 425 g/mol. The lowest BCUT2D eigenvalue weighted by atomic mass is 10.0. The summed E-state index contributed by atoms with van der Waals surface area (Å²) in [5.74, 6) is -1.28. The molecule has 1 unspecified atom stereocenters. The maximum atomic E-state index is 13.0. The van der Waals surface area contributed by atoms with Crippen molar-refractivity contribution < 1.29 is 19.2 Å². The Morgan fingerprint density at radius 2 is 1.71 bits per heavy atom. The van der Waals surface area contributed by atoms with Gasteiger partial charge in [0.2, 0.25) is 11.8 Å². The first-order chi connectivity index (χ1) is 15.0. The van der Waals surface area contributed by atoms with Gasteiger partial charge in [0, 0.05) is 57.9 Å². The van der Waals surface area contributed by atoms with Gasteiger partial charge >= 0.3 is 0 Å². The molecule has 164 valence electrons. The van der Waals surface area contributed by atoms with Crippen molar-refractivity contribution in [3.63, 3.8) is 0 Å². The van der Waals surface area contributed by atoms with Crippen molar-refractivity contribution in [2.24, 2.45) is 5.92 Å². The van der Waals surface area contributed by atoms with E-state index in [0.717, 1.165) is 62.8 Å². The molecule has 0 aromatic heterocycles. The highest BCUT2D eigenvalue weighted by atomic mass is 16.2. The lowest BCUT2D eigenvalue weighted by molar-refractivity contribution is -0.136. The highest BCUT2D eigenvalue weighted by Crippen LogP contribution is 2.32. The summed E-state index contributed by atoms with van der Waals surface area (Å²) in [6.07, 6.45) is 1.40. The van der Waals surface area contributed by atoms with Gasteiger partial charge < -0.3 is 15.1 Å². The quantitative estimate of drug-likeness (QED) is 0.645. The fourth-order valence-electron chi connectivity index (χ4n) is 5.13. The second-order valence-corrected chi connectivity index (χ2v) is 8.83. The molecule has 3 saturated heterocycles. The number of imide groups is 2. The predicted octanol–water partition coefficient (Wildman–Crippen LogP) is -0.181. The molecule has 0 bridgehead atoms. The van der Waals surface area contributed by atoms with Gasteiger partial charge in [0.05, 0.1) is 11.1 Å². The van der Waals surface area contributed by atoms with Crippen LogP contribution in [-0.2, 0) is 9.59 Å². The highest BCUT2D eigenvalue weighted by molar-refractivity contribution is 6.23. The first-order valence-corrected chi connectivity index (χ1v) is 11.0. The Labute approximate surface area is 180 Å². The van der Waals surface area contributed by atoms with E-state index in [1.807, 2.05) is 6.07 Å². The van der Waals surface area contributed by atoms with E-state index in [0.29, 0.717) is 17.0 Å². The summed E-state index contributed by atoms with van der Waals surface area (Å²) in [5, 5.41) is 5.61. The van der Waals surface area contributed by atoms with Crippen LogP contribution in [0, 0.1) is 5.92 Å². The summed E-state index contributed by atoms with van der Waals surface area (Å²) in [6.45, 7) is 7.20. The Morgan fingerprint density at radius 3 is 2.48 bits per heavy atom. The minimum Gasteiger partial charge on any atom is -0.371 e. The van der Waals surface area contributed by atoms with E-state index in [-0.39, 0.29) is 18.7 Å². The molecule has 0 aliphatic carbocycles. The molecule has 2 N–H and O–H groups in total. The number of piperazine rings is 1. The Hall–Kier alpha value is -2.78. The average Bonchev–Trinajstić information content (AvgIpc) is 3.32. The SMILES string of the molecule is O=C1CCC(N2C(=O)c3ccc(N4CC[C@H](CN5CCNCC5)C4)cc3C2=O)C(=O)N1. The first kappa shape index (κ1) is 20.1. The molecule has 4 aliphatic rings. The van der Waals surface area contributed by atoms with Gasteiger partial charge in [-0.25, -0.2) is 0 Å². The van der Waals surface area contributed by atoms with Crippen LogP contribution in [0.3, 0.4) is 0 Å². The van der Waals surface area contributed by atoms with Crippen LogP contribution in [0.4, 0.5) is 5.69 Å². The van der Waals surface area contributed by atoms with Crippen LogP contribution in [0.15, 0.2) is 18.2 Å². The van der Waals surface area contributed by atoms with Crippen LogP contribution >= 0.6 is 0 Å². The van der Waals surface area contributed by atoms with E-state index in [9.17, 15) is 19.2 Å². The Balaban J connectivity index is 1.29. The van der Waals surface area contributed by atoms with Crippen molar-refractivity contribution in [1.82, 2.24) is 20.4 Å². The zero-order valence-electron chi connectivity index (χ0n) is 17.4. The van der Waals surface area contributed by atoms with E-state index < -0.39 is 23.8 Å². The number of rotatable bonds is 4. The fraction of sp³-hybridized carbons (Fsp3) is 0.545. The maximum Gasteiger partial charge on any atom is 0.262 e. The summed E-state index contributed by atoms with van der Waals surface area (Å²) >= 11 is 0. The number of anilines is 1. The molecule has 0 saturated carbocycles. The van der Waals surface area contributed by atoms with Crippen LogP contribution in [-0.4, -0.2) is 85.3 Å². The second-order valence-electron chi connectivity index (χ2n) is 8.83. The molecule has 4 heterocycles. The minimum atomic E-state index is -0.927. The zero-order chi connectivity index (χ0) is 21.5. The van der Waals surface area contributed by atoms with Gasteiger partial charge in [-0.15, -0.1) is 0 Å². The molecule has 1 aromatic carbocycles. The van der Waals surface area contributed by atoms with Crippen molar-refractivity contribution in [2.45, 2.75) is 25.3 Å². The molecule has 0 radical (unpaired) electrons. The number of piperidine rings is 1. The fourth-order valence-corrected chi connectivity index (χ4v) is 5.13. The molecule has 0 spiro atoms. The highest BCUT2D eigenvalue weighted by Gasteiger charge is 2.44. The number of amides is 4. The minimum absolute atomic E-state index is 0.122. The van der Waals surface area contributed by atoms with E-state index in [1.165, 1.54) is 0 Å². The number of carbonyl (C=O) groups is 4. The molecular weight excluding hydrogens is 398 g/mol. The van der Waals surface area contributed by atoms with E-state index in [1.54, 1.807) is 12.1 Å². The van der Waals surface area contributed by atoms with Crippen molar-refractivity contribution in [1.29, 1.82) is 0 Å². The van der Waals surface area contributed by atoms with Crippen molar-refractivity contribution in [2.75, 3.05) is 50.7 Å². The van der Waals surface area contributed by atoms with Gasteiger partial charge in [0.15, 0.2) is 0 Å². The van der Waals surface area contributed by atoms with Gasteiger partial charge in [0.25, 0.3) is 11.8 Å². The van der Waals surface area contributed by atoms with E-state index >= 15 is 0 Å². The first-order valence-electron chi connectivity index (χ1n) is 11.0. The lowest BCUT2D eigenvalue weighted by Gasteiger charge is -2.29. The number of benzene rings is 1. The van der Waals surface area contributed by atoms with Gasteiger partial charge in [-0.3, -0.25) is 29.4 Å². The summed E-state index contributed by atoms with van der Waals surface area (Å²) in [4.78, 5) is 55.3. The molecule has 2 atom stereocenters. The Morgan fingerprint density at radius 1 is 0.935 bits per heavy atom. The predicted molar refractivity (Wildman–Crippen MR) is 113 cm³/mol. The summed E-state index contributed by atoms with van der Waals surface area (Å²) in [7, 11) is 0. The van der Waals surface area contributed by atoms with Gasteiger partial charge in [-0.1, -0.05) is 0 Å². The van der Waals surface area contributed by atoms with Crippen molar-refractivity contribution in [3.05, 3.63) is 29.3 Å². The van der Waals surface area contributed by atoms with E-state index in [4.69, 9.17) is 0 Å². The normalized spacial score (nSPS) is 27.1. The van der Waals surface area contributed by atoms with Crippen LogP contribution in [0.25, 0.3) is 0 Å². The third-order valence-corrected chi connectivity index (χ3v) is 6.80. The molecule has 3 fully saturated rings. The smallest absolute Gasteiger partial charge is 0.262 e. The van der Waals surface area contributed by atoms with Crippen LogP contribution in [0.1, 0.15) is 40.0 Å². The third-order valence-electron chi connectivity index (χ3n) is 6.80. The number of hydrogen-bond donors (Lipinski definition) is 2. The third kappa shape index (κ3) is 3.72. The topological polar surface area (TPSA) is 102 Å². The van der Waals surface area contributed by atoms with Crippen molar-refractivity contribution in [3.8, 4) is 0 Å². The molecular formula is C22H27N5O4. The second kappa shape index (κ2) is 8.05. The molecule has 31 heavy (non-hydrogen) atoms. The average molecular weight is 425 g/mol. The largest absolute Gasteiger partial charge is 0.371 e. The maximum absolute atomic E-state index is 13.0. The molecule has 1 aromatic rings. The molecule has 4 amide bonds. The van der Waals surface area contributed by atoms with Crippen molar-refractivity contribution >= 4 is 29.3 Å². The number of nitrogens with zero attached hydrogens (tertiary/aromatic N) is 3. The number of nitrogens with one attached hydrogen (secondary N) is 2. The number of carbonyl (C=O) groups excluding carboxylic acids is 4. The number of hydrogen-bond acceptors (Lipinski definition) is 7. The lowest BCUT2D eigenvalue weighted by Crippen LogP contribution is -2.54. The Kier molecular flexibility index (Phi) is 5.23. The summed E-state index contributed by atoms with van der Waals surface area (Å²) in [5.41, 5.74) is 1.61. The number of fused-ring (bicyclic) bond motifs is 1. The Bertz CT molecular complexity index is 942. The van der Waals surface area contributed by atoms with Gasteiger partial charge in [-0.2, -0.15) is 0 Å². The molecule has 9 heteroatoms. The standard InChI is InChI=1S/C22H27N5O4/c28-19-4-3-18(20(29)24-19)27-21(30)16-2-1-15(11-17(16)22(27)31)26-8-5-14(13-26)12-25-9-6-23-7-10-25/h1-2,11,14,18,23H,3-10,12-13H2,(H,24,28,29)/t14-,18?/m1/s1. The van der Waals surface area contributed by atoms with Gasteiger partial charge in [-0.05, 0) is 37.0 Å². The summed E-state index contributed by atoms with van der Waals surface area (Å²) in [6, 6.07) is 4.45. The molecule has 5 rings (SSSR count). The van der Waals surface area contributed by atoms with Crippen LogP contribution in [0.2, 0.25) is 0 Å².